The van der Waals surface area contributed by atoms with Gasteiger partial charge in [-0.25, -0.2) is 0 Å². The number of hydrogen-bond donors (Lipinski definition) is 3. The maximum atomic E-state index is 12.3. The summed E-state index contributed by atoms with van der Waals surface area (Å²) in [4.78, 5) is 24.1. The molecule has 0 fully saturated rings. The minimum absolute atomic E-state index is 0.0319. The molecular weight excluding hydrogens is 362 g/mol. The zero-order valence-electron chi connectivity index (χ0n) is 14.5. The van der Waals surface area contributed by atoms with E-state index in [0.29, 0.717) is 11.3 Å². The molecule has 2 rings (SSSR count). The van der Waals surface area contributed by atoms with Crippen molar-refractivity contribution in [3.63, 3.8) is 0 Å². The van der Waals surface area contributed by atoms with Crippen LogP contribution in [0.15, 0.2) is 73.3 Å². The van der Waals surface area contributed by atoms with Crippen molar-refractivity contribution in [2.24, 2.45) is 0 Å². The van der Waals surface area contributed by atoms with Crippen molar-refractivity contribution < 1.29 is 14.3 Å². The highest BCUT2D eigenvalue weighted by atomic mass is 32.1. The summed E-state index contributed by atoms with van der Waals surface area (Å²) in [5.74, 6) is -0.455. The van der Waals surface area contributed by atoms with Crippen LogP contribution in [0.2, 0.25) is 0 Å². The zero-order chi connectivity index (χ0) is 19.5. The maximum absolute atomic E-state index is 12.3. The highest BCUT2D eigenvalue weighted by Gasteiger charge is 2.12. The van der Waals surface area contributed by atoms with Crippen molar-refractivity contribution in [3.05, 3.63) is 84.5 Å². The highest BCUT2D eigenvalue weighted by Crippen LogP contribution is 2.17. The van der Waals surface area contributed by atoms with Gasteiger partial charge in [0.05, 0.1) is 5.56 Å². The van der Waals surface area contributed by atoms with Gasteiger partial charge in [-0.05, 0) is 36.0 Å². The van der Waals surface area contributed by atoms with Crippen molar-refractivity contribution in [2.45, 2.75) is 0 Å². The van der Waals surface area contributed by atoms with Crippen LogP contribution in [0.5, 0.6) is 5.75 Å². The third kappa shape index (κ3) is 6.75. The first kappa shape index (κ1) is 19.9. The Hall–Kier alpha value is -3.45. The van der Waals surface area contributed by atoms with E-state index in [4.69, 9.17) is 17.0 Å². The monoisotopic (exact) mass is 381 g/mol. The van der Waals surface area contributed by atoms with E-state index < -0.39 is 11.8 Å². The van der Waals surface area contributed by atoms with E-state index in [0.717, 1.165) is 5.56 Å². The fourth-order valence-corrected chi connectivity index (χ4v) is 2.18. The Labute approximate surface area is 162 Å². The zero-order valence-corrected chi connectivity index (χ0v) is 15.3. The van der Waals surface area contributed by atoms with E-state index in [2.05, 4.69) is 22.7 Å². The average molecular weight is 381 g/mol. The lowest BCUT2D eigenvalue weighted by molar-refractivity contribution is -0.115. The molecule has 27 heavy (non-hydrogen) atoms. The molecule has 138 valence electrons. The molecule has 0 aliphatic carbocycles. The van der Waals surface area contributed by atoms with Gasteiger partial charge in [-0.15, -0.1) is 0 Å². The van der Waals surface area contributed by atoms with Gasteiger partial charge in [-0.3, -0.25) is 25.8 Å². The fourth-order valence-electron chi connectivity index (χ4n) is 2.03. The molecular formula is C20H19N3O3S. The second-order valence-electron chi connectivity index (χ2n) is 5.24. The van der Waals surface area contributed by atoms with Crippen molar-refractivity contribution in [3.8, 4) is 5.75 Å². The van der Waals surface area contributed by atoms with E-state index in [1.54, 1.807) is 36.4 Å². The molecule has 7 heteroatoms. The van der Waals surface area contributed by atoms with Gasteiger partial charge in [0.1, 0.15) is 12.4 Å². The number of amides is 2. The Morgan fingerprint density at radius 1 is 1.04 bits per heavy atom. The number of carbonyl (C=O) groups excluding carboxylic acids is 2. The average Bonchev–Trinajstić information content (AvgIpc) is 2.70. The lowest BCUT2D eigenvalue weighted by Gasteiger charge is -2.12. The number of benzene rings is 2. The predicted molar refractivity (Wildman–Crippen MR) is 109 cm³/mol. The lowest BCUT2D eigenvalue weighted by atomic mass is 10.2. The van der Waals surface area contributed by atoms with Gasteiger partial charge in [0.2, 0.25) is 5.91 Å². The quantitative estimate of drug-likeness (QED) is 0.310. The first-order valence-electron chi connectivity index (χ1n) is 8.07. The molecule has 0 atom stereocenters. The number of rotatable bonds is 6. The number of thiocarbonyl (C=S) groups is 1. The van der Waals surface area contributed by atoms with Crippen LogP contribution in [0.25, 0.3) is 6.08 Å². The normalized spacial score (nSPS) is 10.1. The lowest BCUT2D eigenvalue weighted by Crippen LogP contribution is -2.48. The molecule has 2 amide bonds. The summed E-state index contributed by atoms with van der Waals surface area (Å²) in [5, 5.41) is 2.41. The molecule has 0 saturated carbocycles. The van der Waals surface area contributed by atoms with Gasteiger partial charge in [0.15, 0.2) is 5.11 Å². The number of ether oxygens (including phenoxy) is 1. The van der Waals surface area contributed by atoms with Crippen molar-refractivity contribution in [1.82, 2.24) is 16.2 Å². The van der Waals surface area contributed by atoms with Gasteiger partial charge in [0.25, 0.3) is 5.91 Å². The number of hydrogen-bond acceptors (Lipinski definition) is 4. The van der Waals surface area contributed by atoms with Gasteiger partial charge >= 0.3 is 0 Å². The van der Waals surface area contributed by atoms with E-state index in [-0.39, 0.29) is 11.7 Å². The van der Waals surface area contributed by atoms with Crippen LogP contribution in [0.3, 0.4) is 0 Å². The maximum Gasteiger partial charge on any atom is 0.273 e. The van der Waals surface area contributed by atoms with Crippen molar-refractivity contribution >= 4 is 35.2 Å². The van der Waals surface area contributed by atoms with Crippen LogP contribution >= 0.6 is 12.2 Å². The SMILES string of the molecule is C=CCOc1ccccc1C(=O)NNC(=S)NC(=O)/C=C/c1ccccc1. The Balaban J connectivity index is 1.84. The Bertz CT molecular complexity index is 851. The van der Waals surface area contributed by atoms with E-state index in [1.165, 1.54) is 6.08 Å². The molecule has 0 unspecified atom stereocenters. The molecule has 3 N–H and O–H groups in total. The van der Waals surface area contributed by atoms with E-state index >= 15 is 0 Å². The van der Waals surface area contributed by atoms with Crippen LogP contribution in [0.4, 0.5) is 0 Å². The topological polar surface area (TPSA) is 79.5 Å². The Morgan fingerprint density at radius 2 is 1.74 bits per heavy atom. The van der Waals surface area contributed by atoms with Gasteiger partial charge in [-0.1, -0.05) is 55.1 Å². The summed E-state index contributed by atoms with van der Waals surface area (Å²) < 4.78 is 5.43. The number of nitrogens with one attached hydrogen (secondary N) is 3. The summed E-state index contributed by atoms with van der Waals surface area (Å²) in [5.41, 5.74) is 6.11. The smallest absolute Gasteiger partial charge is 0.273 e. The van der Waals surface area contributed by atoms with Crippen LogP contribution in [0.1, 0.15) is 15.9 Å². The summed E-state index contributed by atoms with van der Waals surface area (Å²) in [7, 11) is 0. The third-order valence-electron chi connectivity index (χ3n) is 3.24. The minimum Gasteiger partial charge on any atom is -0.489 e. The molecule has 0 radical (unpaired) electrons. The highest BCUT2D eigenvalue weighted by molar-refractivity contribution is 7.80. The van der Waals surface area contributed by atoms with Crippen molar-refractivity contribution in [1.29, 1.82) is 0 Å². The predicted octanol–water partition coefficient (Wildman–Crippen LogP) is 2.60. The standard InChI is InChI=1S/C20H19N3O3S/c1-2-14-26-17-11-7-6-10-16(17)19(25)22-23-20(27)21-18(24)13-12-15-8-4-3-5-9-15/h2-13H,1,14H2,(H,22,25)(H2,21,23,24,27)/b13-12+. The Morgan fingerprint density at radius 3 is 2.48 bits per heavy atom. The first-order chi connectivity index (χ1) is 13.1. The fraction of sp³-hybridized carbons (Fsp3) is 0.0500. The van der Waals surface area contributed by atoms with Crippen LogP contribution in [0, 0.1) is 0 Å². The molecule has 2 aromatic rings. The summed E-state index contributed by atoms with van der Waals surface area (Å²) in [6.45, 7) is 3.85. The largest absolute Gasteiger partial charge is 0.489 e. The van der Waals surface area contributed by atoms with E-state index in [1.807, 2.05) is 30.3 Å². The van der Waals surface area contributed by atoms with Gasteiger partial charge in [0, 0.05) is 6.08 Å². The summed E-state index contributed by atoms with van der Waals surface area (Å²) in [6.07, 6.45) is 4.59. The van der Waals surface area contributed by atoms with Gasteiger partial charge < -0.3 is 4.74 Å². The molecule has 6 nitrogen and oxygen atoms in total. The molecule has 2 aromatic carbocycles. The molecule has 0 aromatic heterocycles. The second kappa shape index (κ2) is 10.5. The number of carbonyl (C=O) groups is 2. The van der Waals surface area contributed by atoms with Gasteiger partial charge in [-0.2, -0.15) is 0 Å². The molecule has 0 aliphatic rings. The second-order valence-corrected chi connectivity index (χ2v) is 5.65. The van der Waals surface area contributed by atoms with Crippen LogP contribution in [-0.4, -0.2) is 23.5 Å². The molecule has 0 saturated heterocycles. The number of hydrazine groups is 1. The molecule has 0 heterocycles. The summed E-state index contributed by atoms with van der Waals surface area (Å²) >= 11 is 5.00. The minimum atomic E-state index is -0.453. The van der Waals surface area contributed by atoms with Crippen LogP contribution in [-0.2, 0) is 4.79 Å². The van der Waals surface area contributed by atoms with Crippen molar-refractivity contribution in [2.75, 3.05) is 6.61 Å². The molecule has 0 spiro atoms. The molecule has 0 aliphatic heterocycles. The summed E-state index contributed by atoms with van der Waals surface area (Å²) in [6, 6.07) is 16.1. The van der Waals surface area contributed by atoms with Crippen LogP contribution < -0.4 is 20.9 Å². The molecule has 0 bridgehead atoms. The Kier molecular flexibility index (Phi) is 7.74. The third-order valence-corrected chi connectivity index (χ3v) is 3.45. The first-order valence-corrected chi connectivity index (χ1v) is 8.48. The van der Waals surface area contributed by atoms with E-state index in [9.17, 15) is 9.59 Å². The number of para-hydroxylation sites is 1.